The summed E-state index contributed by atoms with van der Waals surface area (Å²) in [6.45, 7) is 23.8. The van der Waals surface area contributed by atoms with Gasteiger partial charge in [0.2, 0.25) is 0 Å². The molecule has 0 aliphatic rings. The monoisotopic (exact) mass is 494 g/mol. The second kappa shape index (κ2) is 11.3. The Kier molecular flexibility index (Phi) is 11.1. The zero-order valence-electron chi connectivity index (χ0n) is 20.6. The Hall–Kier alpha value is -0.572. The van der Waals surface area contributed by atoms with Gasteiger partial charge in [-0.15, -0.1) is 0 Å². The van der Waals surface area contributed by atoms with Gasteiger partial charge in [-0.2, -0.15) is 0 Å². The van der Waals surface area contributed by atoms with E-state index in [1.807, 2.05) is 6.55 Å². The number of ether oxygens (including phenoxy) is 1. The highest BCUT2D eigenvalue weighted by Crippen LogP contribution is 2.37. The molecule has 1 atom stereocenters. The van der Waals surface area contributed by atoms with Crippen LogP contribution in [-0.4, -0.2) is 57.4 Å². The fourth-order valence-corrected chi connectivity index (χ4v) is 21.1. The summed E-state index contributed by atoms with van der Waals surface area (Å²) in [4.78, 5) is 22.2. The van der Waals surface area contributed by atoms with Crippen LogP contribution in [-0.2, 0) is 26.7 Å². The number of aliphatic carboxylic acids is 1. The van der Waals surface area contributed by atoms with Gasteiger partial charge in [-0.1, -0.05) is 13.8 Å². The van der Waals surface area contributed by atoms with Crippen LogP contribution >= 0.6 is 0 Å². The van der Waals surface area contributed by atoms with Crippen LogP contribution in [0.4, 0.5) is 0 Å². The topological polar surface area (TPSA) is 91.3 Å². The SMILES string of the molecule is CC(C)C(CCOC(=O)C=CC(=O)O)[Si](C)(C)O[Si](C)(O[Si](C)(C)C)O[Si](C)(C)C. The first-order chi connectivity index (χ1) is 13.3. The molecule has 0 aliphatic heterocycles. The number of hydrogen-bond acceptors (Lipinski definition) is 6. The third kappa shape index (κ3) is 13.0. The number of carbonyl (C=O) groups is 2. The maximum Gasteiger partial charge on any atom is 0.466 e. The average molecular weight is 495 g/mol. The summed E-state index contributed by atoms with van der Waals surface area (Å²) in [5.74, 6) is -1.50. The first kappa shape index (κ1) is 29.4. The molecule has 0 saturated carbocycles. The third-order valence-electron chi connectivity index (χ3n) is 4.16. The van der Waals surface area contributed by atoms with Gasteiger partial charge in [0.05, 0.1) is 6.61 Å². The predicted molar refractivity (Wildman–Crippen MR) is 130 cm³/mol. The summed E-state index contributed by atoms with van der Waals surface area (Å²) < 4.78 is 25.0. The summed E-state index contributed by atoms with van der Waals surface area (Å²) in [6.07, 6.45) is 2.36. The van der Waals surface area contributed by atoms with Gasteiger partial charge >= 0.3 is 20.7 Å². The second-order valence-corrected chi connectivity index (χ2v) is 27.0. The molecule has 0 aliphatic carbocycles. The Bertz CT molecular complexity index is 591. The van der Waals surface area contributed by atoms with Crippen molar-refractivity contribution >= 4 is 45.7 Å². The molecule has 11 heteroatoms. The van der Waals surface area contributed by atoms with Crippen LogP contribution in [0.25, 0.3) is 0 Å². The lowest BCUT2D eigenvalue weighted by atomic mass is 10.1. The van der Waals surface area contributed by atoms with E-state index in [9.17, 15) is 9.59 Å². The van der Waals surface area contributed by atoms with E-state index in [-0.39, 0.29) is 12.1 Å². The molecule has 1 unspecified atom stereocenters. The fourth-order valence-electron chi connectivity index (χ4n) is 3.69. The molecule has 0 fully saturated rings. The molecule has 0 saturated heterocycles. The molecule has 0 aromatic carbocycles. The molecule has 0 radical (unpaired) electrons. The van der Waals surface area contributed by atoms with Crippen LogP contribution in [0.1, 0.15) is 20.3 Å². The van der Waals surface area contributed by atoms with Crippen molar-refractivity contribution in [1.29, 1.82) is 0 Å². The zero-order valence-corrected chi connectivity index (χ0v) is 24.6. The van der Waals surface area contributed by atoms with Crippen molar-refractivity contribution in [3.63, 3.8) is 0 Å². The minimum absolute atomic E-state index is 0.216. The molecule has 0 heterocycles. The first-order valence-electron chi connectivity index (χ1n) is 10.4. The zero-order chi connectivity index (χ0) is 24.0. The summed E-state index contributed by atoms with van der Waals surface area (Å²) in [5, 5.41) is 8.60. The summed E-state index contributed by atoms with van der Waals surface area (Å²) >= 11 is 0. The van der Waals surface area contributed by atoms with Gasteiger partial charge in [-0.3, -0.25) is 0 Å². The third-order valence-corrected chi connectivity index (χ3v) is 18.4. The van der Waals surface area contributed by atoms with E-state index in [0.29, 0.717) is 12.3 Å². The van der Waals surface area contributed by atoms with E-state index >= 15 is 0 Å². The minimum Gasteiger partial charge on any atom is -0.478 e. The van der Waals surface area contributed by atoms with Crippen LogP contribution < -0.4 is 0 Å². The molecule has 0 aromatic heterocycles. The molecular weight excluding hydrogens is 453 g/mol. The largest absolute Gasteiger partial charge is 0.478 e. The van der Waals surface area contributed by atoms with Crippen LogP contribution in [0.15, 0.2) is 12.2 Å². The maximum atomic E-state index is 11.7. The summed E-state index contributed by atoms with van der Waals surface area (Å²) in [5.41, 5.74) is 0.219. The van der Waals surface area contributed by atoms with Crippen molar-refractivity contribution in [2.45, 2.75) is 84.7 Å². The van der Waals surface area contributed by atoms with Crippen molar-refractivity contribution in [3.8, 4) is 0 Å². The number of rotatable bonds is 13. The van der Waals surface area contributed by atoms with Gasteiger partial charge in [0.25, 0.3) is 0 Å². The van der Waals surface area contributed by atoms with Crippen LogP contribution in [0.2, 0.25) is 64.5 Å². The van der Waals surface area contributed by atoms with Gasteiger partial charge in [-0.25, -0.2) is 9.59 Å². The van der Waals surface area contributed by atoms with Gasteiger partial charge in [0, 0.05) is 18.7 Å². The quantitative estimate of drug-likeness (QED) is 0.217. The smallest absolute Gasteiger partial charge is 0.466 e. The molecule has 0 aromatic rings. The Morgan fingerprint density at radius 3 is 1.67 bits per heavy atom. The number of carbonyl (C=O) groups excluding carboxylic acids is 1. The van der Waals surface area contributed by atoms with E-state index in [2.05, 4.69) is 66.2 Å². The molecule has 0 bridgehead atoms. The Balaban J connectivity index is 5.39. The molecule has 30 heavy (non-hydrogen) atoms. The van der Waals surface area contributed by atoms with Crippen molar-refractivity contribution in [3.05, 3.63) is 12.2 Å². The van der Waals surface area contributed by atoms with Crippen molar-refractivity contribution in [2.75, 3.05) is 6.61 Å². The van der Waals surface area contributed by atoms with E-state index < -0.39 is 45.7 Å². The standard InChI is InChI=1S/C19H42O7Si4/c1-16(2)17(14-15-23-19(22)13-12-18(20)21)29(9,10)26-30(11,24-27(3,4)5)25-28(6,7)8/h12-13,16-17H,14-15H2,1-11H3,(H,20,21). The lowest BCUT2D eigenvalue weighted by molar-refractivity contribution is -0.138. The molecular formula is C19H42O7Si4. The van der Waals surface area contributed by atoms with Crippen LogP contribution in [0.5, 0.6) is 0 Å². The highest BCUT2D eigenvalue weighted by Gasteiger charge is 2.49. The number of hydrogen-bond donors (Lipinski definition) is 1. The second-order valence-electron chi connectivity index (χ2n) is 10.5. The van der Waals surface area contributed by atoms with Crippen molar-refractivity contribution in [1.82, 2.24) is 0 Å². The summed E-state index contributed by atoms with van der Waals surface area (Å²) in [7, 11) is -8.90. The number of carboxylic acids is 1. The molecule has 176 valence electrons. The van der Waals surface area contributed by atoms with Gasteiger partial charge in [0.1, 0.15) is 0 Å². The average Bonchev–Trinajstić information content (AvgIpc) is 2.43. The molecule has 0 spiro atoms. The van der Waals surface area contributed by atoms with Crippen LogP contribution in [0, 0.1) is 5.92 Å². The fraction of sp³-hybridized carbons (Fsp3) is 0.789. The highest BCUT2D eigenvalue weighted by molar-refractivity contribution is 6.90. The van der Waals surface area contributed by atoms with Crippen LogP contribution in [0.3, 0.4) is 0 Å². The maximum absolute atomic E-state index is 11.7. The molecule has 1 N–H and O–H groups in total. The summed E-state index contributed by atoms with van der Waals surface area (Å²) in [6, 6.07) is 0. The molecule has 0 amide bonds. The molecule has 7 nitrogen and oxygen atoms in total. The lowest BCUT2D eigenvalue weighted by Crippen LogP contribution is -2.60. The normalized spacial score (nSPS) is 14.9. The van der Waals surface area contributed by atoms with Gasteiger partial charge in [-0.05, 0) is 70.3 Å². The van der Waals surface area contributed by atoms with Gasteiger partial charge < -0.3 is 22.2 Å². The number of carboxylic acid groups (broad SMARTS) is 1. The first-order valence-corrected chi connectivity index (χ1v) is 22.5. The van der Waals surface area contributed by atoms with Crippen molar-refractivity contribution < 1.29 is 31.8 Å². The Labute approximate surface area is 186 Å². The predicted octanol–water partition coefficient (Wildman–Crippen LogP) is 5.08. The Morgan fingerprint density at radius 2 is 1.30 bits per heavy atom. The van der Waals surface area contributed by atoms with E-state index in [1.165, 1.54) is 0 Å². The van der Waals surface area contributed by atoms with Crippen molar-refractivity contribution in [2.24, 2.45) is 5.92 Å². The van der Waals surface area contributed by atoms with Gasteiger partial charge in [0.15, 0.2) is 25.0 Å². The van der Waals surface area contributed by atoms with E-state index in [4.69, 9.17) is 22.2 Å². The highest BCUT2D eigenvalue weighted by atomic mass is 28.5. The molecule has 0 rings (SSSR count). The lowest BCUT2D eigenvalue weighted by Gasteiger charge is -2.44. The minimum atomic E-state index is -2.85. The van der Waals surface area contributed by atoms with E-state index in [0.717, 1.165) is 12.2 Å². The Morgan fingerprint density at radius 1 is 0.833 bits per heavy atom. The number of esters is 1. The van der Waals surface area contributed by atoms with E-state index in [1.54, 1.807) is 0 Å².